The van der Waals surface area contributed by atoms with Gasteiger partial charge in [0, 0.05) is 0 Å². The molecule has 0 N–H and O–H groups in total. The second kappa shape index (κ2) is 6.04. The topological polar surface area (TPSA) is 0 Å². The summed E-state index contributed by atoms with van der Waals surface area (Å²) in [6, 6.07) is 26.4. The van der Waals surface area contributed by atoms with Crippen LogP contribution in [0.4, 0.5) is 0 Å². The SMILES string of the molecule is Cc1cc(-c2ccccc2)cc(-c2ccc(C(C)(C)C)cc2)c1. The van der Waals surface area contributed by atoms with Gasteiger partial charge < -0.3 is 0 Å². The molecule has 0 unspecified atom stereocenters. The molecule has 0 saturated heterocycles. The molecule has 0 aliphatic rings. The maximum Gasteiger partial charge on any atom is -0.0132 e. The summed E-state index contributed by atoms with van der Waals surface area (Å²) in [7, 11) is 0. The molecule has 0 heteroatoms. The highest BCUT2D eigenvalue weighted by atomic mass is 14.2. The van der Waals surface area contributed by atoms with Crippen molar-refractivity contribution in [3.05, 3.63) is 83.9 Å². The third-order valence-electron chi connectivity index (χ3n) is 4.27. The van der Waals surface area contributed by atoms with Crippen LogP contribution in [-0.4, -0.2) is 0 Å². The highest BCUT2D eigenvalue weighted by molar-refractivity contribution is 5.74. The van der Waals surface area contributed by atoms with Gasteiger partial charge in [0.05, 0.1) is 0 Å². The molecule has 0 aromatic heterocycles. The standard InChI is InChI=1S/C23H24/c1-17-14-20(18-8-6-5-7-9-18)16-21(15-17)19-10-12-22(13-11-19)23(2,3)4/h5-16H,1-4H3. The highest BCUT2D eigenvalue weighted by Gasteiger charge is 2.13. The Bertz CT molecular complexity index is 788. The molecule has 0 fully saturated rings. The van der Waals surface area contributed by atoms with E-state index in [0.29, 0.717) is 0 Å². The molecule has 0 nitrogen and oxygen atoms in total. The van der Waals surface area contributed by atoms with Crippen molar-refractivity contribution in [2.45, 2.75) is 33.1 Å². The Labute approximate surface area is 139 Å². The molecule has 0 atom stereocenters. The van der Waals surface area contributed by atoms with Crippen LogP contribution in [0.3, 0.4) is 0 Å². The van der Waals surface area contributed by atoms with Gasteiger partial charge in [-0.1, -0.05) is 87.5 Å². The zero-order chi connectivity index (χ0) is 16.4. The fraction of sp³-hybridized carbons (Fsp3) is 0.217. The summed E-state index contributed by atoms with van der Waals surface area (Å²) in [4.78, 5) is 0. The Hall–Kier alpha value is -2.34. The molecule has 3 aromatic carbocycles. The molecule has 116 valence electrons. The zero-order valence-electron chi connectivity index (χ0n) is 14.4. The Morgan fingerprint density at radius 3 is 1.61 bits per heavy atom. The van der Waals surface area contributed by atoms with Crippen LogP contribution in [0.25, 0.3) is 22.3 Å². The van der Waals surface area contributed by atoms with E-state index >= 15 is 0 Å². The first-order valence-electron chi connectivity index (χ1n) is 8.21. The molecule has 3 aromatic rings. The molecule has 0 aliphatic carbocycles. The van der Waals surface area contributed by atoms with Crippen LogP contribution in [-0.2, 0) is 5.41 Å². The minimum Gasteiger partial charge on any atom is -0.0622 e. The Balaban J connectivity index is 2.02. The highest BCUT2D eigenvalue weighted by Crippen LogP contribution is 2.30. The van der Waals surface area contributed by atoms with Crippen molar-refractivity contribution in [3.63, 3.8) is 0 Å². The molecule has 0 radical (unpaired) electrons. The smallest absolute Gasteiger partial charge is 0.0132 e. The van der Waals surface area contributed by atoms with E-state index in [2.05, 4.69) is 100 Å². The van der Waals surface area contributed by atoms with Crippen molar-refractivity contribution in [2.24, 2.45) is 0 Å². The lowest BCUT2D eigenvalue weighted by molar-refractivity contribution is 0.590. The van der Waals surface area contributed by atoms with Gasteiger partial charge >= 0.3 is 0 Å². The number of aryl methyl sites for hydroxylation is 1. The Morgan fingerprint density at radius 2 is 1.09 bits per heavy atom. The Kier molecular flexibility index (Phi) is 4.09. The molecule has 23 heavy (non-hydrogen) atoms. The van der Waals surface area contributed by atoms with E-state index in [9.17, 15) is 0 Å². The average molecular weight is 300 g/mol. The normalized spacial score (nSPS) is 11.5. The van der Waals surface area contributed by atoms with Gasteiger partial charge in [0.25, 0.3) is 0 Å². The van der Waals surface area contributed by atoms with Gasteiger partial charge in [0.2, 0.25) is 0 Å². The van der Waals surface area contributed by atoms with E-state index in [-0.39, 0.29) is 5.41 Å². The minimum absolute atomic E-state index is 0.195. The van der Waals surface area contributed by atoms with Gasteiger partial charge in [0.1, 0.15) is 0 Å². The molecule has 0 saturated carbocycles. The molecular formula is C23H24. The summed E-state index contributed by atoms with van der Waals surface area (Å²) in [5.41, 5.74) is 7.96. The molecule has 0 heterocycles. The molecule has 0 aliphatic heterocycles. The number of benzene rings is 3. The summed E-state index contributed by atoms with van der Waals surface area (Å²) in [6.07, 6.45) is 0. The second-order valence-corrected chi connectivity index (χ2v) is 7.28. The second-order valence-electron chi connectivity index (χ2n) is 7.28. The lowest BCUT2D eigenvalue weighted by Crippen LogP contribution is -2.10. The first-order chi connectivity index (χ1) is 10.9. The van der Waals surface area contributed by atoms with Crippen LogP contribution in [0.5, 0.6) is 0 Å². The summed E-state index contributed by atoms with van der Waals surface area (Å²) in [5, 5.41) is 0. The van der Waals surface area contributed by atoms with Crippen LogP contribution < -0.4 is 0 Å². The molecule has 0 amide bonds. The van der Waals surface area contributed by atoms with E-state index in [4.69, 9.17) is 0 Å². The molecule has 0 spiro atoms. The van der Waals surface area contributed by atoms with E-state index in [1.807, 2.05) is 0 Å². The van der Waals surface area contributed by atoms with Gasteiger partial charge in [-0.2, -0.15) is 0 Å². The number of hydrogen-bond acceptors (Lipinski definition) is 0. The zero-order valence-corrected chi connectivity index (χ0v) is 14.4. The summed E-state index contributed by atoms with van der Waals surface area (Å²) >= 11 is 0. The van der Waals surface area contributed by atoms with Crippen LogP contribution in [0, 0.1) is 6.92 Å². The number of rotatable bonds is 2. The van der Waals surface area contributed by atoms with Gasteiger partial charge in [-0.3, -0.25) is 0 Å². The maximum absolute atomic E-state index is 2.29. The van der Waals surface area contributed by atoms with Gasteiger partial charge in [0.15, 0.2) is 0 Å². The van der Waals surface area contributed by atoms with Crippen molar-refractivity contribution in [3.8, 4) is 22.3 Å². The number of hydrogen-bond donors (Lipinski definition) is 0. The van der Waals surface area contributed by atoms with Gasteiger partial charge in [-0.25, -0.2) is 0 Å². The fourth-order valence-electron chi connectivity index (χ4n) is 2.91. The summed E-state index contributed by atoms with van der Waals surface area (Å²) in [5.74, 6) is 0. The third-order valence-corrected chi connectivity index (χ3v) is 4.27. The molecular weight excluding hydrogens is 276 g/mol. The summed E-state index contributed by atoms with van der Waals surface area (Å²) < 4.78 is 0. The predicted molar refractivity (Wildman–Crippen MR) is 101 cm³/mol. The van der Waals surface area contributed by atoms with E-state index in [1.165, 1.54) is 33.4 Å². The van der Waals surface area contributed by atoms with Crippen molar-refractivity contribution in [2.75, 3.05) is 0 Å². The minimum atomic E-state index is 0.195. The van der Waals surface area contributed by atoms with Crippen LogP contribution >= 0.6 is 0 Å². The predicted octanol–water partition coefficient (Wildman–Crippen LogP) is 6.63. The van der Waals surface area contributed by atoms with Crippen LogP contribution in [0.15, 0.2) is 72.8 Å². The van der Waals surface area contributed by atoms with E-state index < -0.39 is 0 Å². The van der Waals surface area contributed by atoms with E-state index in [1.54, 1.807) is 0 Å². The van der Waals surface area contributed by atoms with Gasteiger partial charge in [-0.15, -0.1) is 0 Å². The third kappa shape index (κ3) is 3.53. The van der Waals surface area contributed by atoms with Crippen LogP contribution in [0.2, 0.25) is 0 Å². The lowest BCUT2D eigenvalue weighted by atomic mass is 9.86. The largest absolute Gasteiger partial charge is 0.0622 e. The molecule has 0 bridgehead atoms. The van der Waals surface area contributed by atoms with Crippen molar-refractivity contribution in [1.82, 2.24) is 0 Å². The Morgan fingerprint density at radius 1 is 0.565 bits per heavy atom. The average Bonchev–Trinajstić information content (AvgIpc) is 2.54. The van der Waals surface area contributed by atoms with E-state index in [0.717, 1.165) is 0 Å². The maximum atomic E-state index is 2.29. The fourth-order valence-corrected chi connectivity index (χ4v) is 2.91. The first-order valence-corrected chi connectivity index (χ1v) is 8.21. The first kappa shape index (κ1) is 15.6. The van der Waals surface area contributed by atoms with Crippen LogP contribution in [0.1, 0.15) is 31.9 Å². The summed E-state index contributed by atoms with van der Waals surface area (Å²) in [6.45, 7) is 8.92. The van der Waals surface area contributed by atoms with Crippen molar-refractivity contribution < 1.29 is 0 Å². The van der Waals surface area contributed by atoms with Gasteiger partial charge in [-0.05, 0) is 51.8 Å². The quantitative estimate of drug-likeness (QED) is 0.498. The van der Waals surface area contributed by atoms with Crippen molar-refractivity contribution in [1.29, 1.82) is 0 Å². The monoisotopic (exact) mass is 300 g/mol. The lowest BCUT2D eigenvalue weighted by Gasteiger charge is -2.19. The van der Waals surface area contributed by atoms with Crippen molar-refractivity contribution >= 4 is 0 Å². The molecule has 3 rings (SSSR count).